The van der Waals surface area contributed by atoms with Gasteiger partial charge >= 0.3 is 0 Å². The number of nitrogens with one attached hydrogen (secondary N) is 2. The molecule has 8 heteroatoms. The second kappa shape index (κ2) is 9.99. The number of aromatic nitrogens is 3. The minimum Gasteiger partial charge on any atom is -0.497 e. The predicted octanol–water partition coefficient (Wildman–Crippen LogP) is 4.90. The molecule has 4 aromatic rings. The van der Waals surface area contributed by atoms with E-state index in [1.807, 2.05) is 32.0 Å². The van der Waals surface area contributed by atoms with Crippen LogP contribution < -0.4 is 15.4 Å². The average Bonchev–Trinajstić information content (AvgIpc) is 3.31. The van der Waals surface area contributed by atoms with Crippen LogP contribution in [0.2, 0.25) is 0 Å². The first kappa shape index (κ1) is 22.7. The lowest BCUT2D eigenvalue weighted by atomic mass is 10.1. The molecule has 8 nitrogen and oxygen atoms in total. The summed E-state index contributed by atoms with van der Waals surface area (Å²) in [6, 6.07) is 19.3. The van der Waals surface area contributed by atoms with Crippen molar-refractivity contribution < 1.29 is 14.3 Å². The fraction of sp³-hybridized carbons (Fsp3) is 0.154. The molecule has 0 unspecified atom stereocenters. The van der Waals surface area contributed by atoms with Crippen LogP contribution in [-0.4, -0.2) is 33.7 Å². The lowest BCUT2D eigenvalue weighted by Crippen LogP contribution is -2.16. The zero-order valence-electron chi connectivity index (χ0n) is 19.1. The number of benzene rings is 2. The molecule has 0 fully saturated rings. The molecule has 2 N–H and O–H groups in total. The summed E-state index contributed by atoms with van der Waals surface area (Å²) in [4.78, 5) is 29.9. The van der Waals surface area contributed by atoms with Crippen LogP contribution in [0, 0.1) is 0 Å². The largest absolute Gasteiger partial charge is 0.497 e. The third-order valence-corrected chi connectivity index (χ3v) is 5.22. The molecule has 172 valence electrons. The van der Waals surface area contributed by atoms with Crippen molar-refractivity contribution in [3.63, 3.8) is 0 Å². The summed E-state index contributed by atoms with van der Waals surface area (Å²) in [7, 11) is 1.59. The number of hydrogen-bond donors (Lipinski definition) is 2. The minimum absolute atomic E-state index is 0.0503. The van der Waals surface area contributed by atoms with E-state index < -0.39 is 0 Å². The summed E-state index contributed by atoms with van der Waals surface area (Å²) < 4.78 is 6.81. The van der Waals surface area contributed by atoms with E-state index in [-0.39, 0.29) is 17.7 Å². The Balaban J connectivity index is 1.47. The van der Waals surface area contributed by atoms with Gasteiger partial charge in [0.15, 0.2) is 5.82 Å². The number of nitrogens with zero attached hydrogens (tertiary/aromatic N) is 3. The van der Waals surface area contributed by atoms with Crippen molar-refractivity contribution in [2.45, 2.75) is 19.8 Å². The van der Waals surface area contributed by atoms with Crippen LogP contribution in [0.4, 0.5) is 11.4 Å². The molecule has 2 amide bonds. The van der Waals surface area contributed by atoms with Gasteiger partial charge < -0.3 is 15.4 Å². The van der Waals surface area contributed by atoms with E-state index in [1.165, 1.54) is 0 Å². The van der Waals surface area contributed by atoms with E-state index in [0.29, 0.717) is 34.1 Å². The fourth-order valence-electron chi connectivity index (χ4n) is 3.53. The highest BCUT2D eigenvalue weighted by Gasteiger charge is 2.21. The maximum atomic E-state index is 13.0. The molecule has 0 radical (unpaired) electrons. The van der Waals surface area contributed by atoms with Crippen molar-refractivity contribution in [3.05, 3.63) is 95.9 Å². The molecule has 4 rings (SSSR count). The first-order chi connectivity index (χ1) is 16.5. The molecule has 2 aromatic heterocycles. The zero-order chi connectivity index (χ0) is 24.1. The number of carbonyl (C=O) groups excluding carboxylic acids is 2. The van der Waals surface area contributed by atoms with Gasteiger partial charge in [-0.2, -0.15) is 5.10 Å². The van der Waals surface area contributed by atoms with E-state index in [4.69, 9.17) is 4.74 Å². The van der Waals surface area contributed by atoms with Gasteiger partial charge in [0.2, 0.25) is 0 Å². The van der Waals surface area contributed by atoms with Crippen molar-refractivity contribution in [3.8, 4) is 11.6 Å². The first-order valence-electron chi connectivity index (χ1n) is 10.8. The van der Waals surface area contributed by atoms with Gasteiger partial charge in [0.05, 0.1) is 24.6 Å². The van der Waals surface area contributed by atoms with Crippen molar-refractivity contribution in [1.29, 1.82) is 0 Å². The minimum atomic E-state index is -0.277. The lowest BCUT2D eigenvalue weighted by Gasteiger charge is -2.12. The van der Waals surface area contributed by atoms with Gasteiger partial charge in [-0.3, -0.25) is 9.59 Å². The predicted molar refractivity (Wildman–Crippen MR) is 131 cm³/mol. The van der Waals surface area contributed by atoms with E-state index in [1.54, 1.807) is 72.7 Å². The number of anilines is 2. The first-order valence-corrected chi connectivity index (χ1v) is 10.8. The topological polar surface area (TPSA) is 98.1 Å². The Hall–Kier alpha value is -4.46. The summed E-state index contributed by atoms with van der Waals surface area (Å²) in [5, 5.41) is 10.1. The molecule has 0 spiro atoms. The molecule has 0 aliphatic heterocycles. The van der Waals surface area contributed by atoms with Crippen molar-refractivity contribution in [2.75, 3.05) is 17.7 Å². The number of methoxy groups -OCH3 is 1. The third kappa shape index (κ3) is 4.96. The lowest BCUT2D eigenvalue weighted by molar-refractivity contribution is 0.101. The molecule has 2 aromatic carbocycles. The van der Waals surface area contributed by atoms with E-state index in [2.05, 4.69) is 20.7 Å². The van der Waals surface area contributed by atoms with Crippen LogP contribution >= 0.6 is 0 Å². The Labute approximate surface area is 197 Å². The molecule has 34 heavy (non-hydrogen) atoms. The molecule has 0 bridgehead atoms. The molecular formula is C26H25N5O3. The van der Waals surface area contributed by atoms with Gasteiger partial charge in [0.25, 0.3) is 11.8 Å². The SMILES string of the molecule is COc1ccc(NC(=O)c2ccc(NC(=O)c3cnn(-c4ccccn4)c3C(C)C)cc2)cc1. The van der Waals surface area contributed by atoms with Crippen LogP contribution in [0.1, 0.15) is 46.2 Å². The van der Waals surface area contributed by atoms with E-state index in [9.17, 15) is 9.59 Å². The highest BCUT2D eigenvalue weighted by atomic mass is 16.5. The average molecular weight is 456 g/mol. The van der Waals surface area contributed by atoms with Crippen molar-refractivity contribution in [1.82, 2.24) is 14.8 Å². The van der Waals surface area contributed by atoms with Crippen molar-refractivity contribution in [2.24, 2.45) is 0 Å². The van der Waals surface area contributed by atoms with E-state index >= 15 is 0 Å². The van der Waals surface area contributed by atoms with Crippen molar-refractivity contribution >= 4 is 23.2 Å². The monoisotopic (exact) mass is 455 g/mol. The molecule has 0 aliphatic carbocycles. The second-order valence-electron chi connectivity index (χ2n) is 7.91. The van der Waals surface area contributed by atoms with Crippen LogP contribution in [-0.2, 0) is 0 Å². The van der Waals surface area contributed by atoms with Gasteiger partial charge in [-0.25, -0.2) is 9.67 Å². The highest BCUT2D eigenvalue weighted by molar-refractivity contribution is 6.06. The highest BCUT2D eigenvalue weighted by Crippen LogP contribution is 2.23. The van der Waals surface area contributed by atoms with E-state index in [0.717, 1.165) is 5.69 Å². The van der Waals surface area contributed by atoms with Gasteiger partial charge in [-0.05, 0) is 66.6 Å². The maximum Gasteiger partial charge on any atom is 0.259 e. The summed E-state index contributed by atoms with van der Waals surface area (Å²) in [6.45, 7) is 4.01. The van der Waals surface area contributed by atoms with Gasteiger partial charge in [-0.15, -0.1) is 0 Å². The maximum absolute atomic E-state index is 13.0. The smallest absolute Gasteiger partial charge is 0.259 e. The quantitative estimate of drug-likeness (QED) is 0.413. The van der Waals surface area contributed by atoms with Gasteiger partial charge in [0.1, 0.15) is 5.75 Å². The number of hydrogen-bond acceptors (Lipinski definition) is 5. The molecule has 2 heterocycles. The Bertz CT molecular complexity index is 1280. The summed E-state index contributed by atoms with van der Waals surface area (Å²) >= 11 is 0. The third-order valence-electron chi connectivity index (χ3n) is 5.22. The Morgan fingerprint density at radius 3 is 2.12 bits per heavy atom. The Morgan fingerprint density at radius 2 is 1.53 bits per heavy atom. The van der Waals surface area contributed by atoms with Gasteiger partial charge in [0, 0.05) is 23.1 Å². The Morgan fingerprint density at radius 1 is 0.882 bits per heavy atom. The molecular weight excluding hydrogens is 430 g/mol. The molecule has 0 aliphatic rings. The van der Waals surface area contributed by atoms with Crippen LogP contribution in [0.15, 0.2) is 79.1 Å². The van der Waals surface area contributed by atoms with Crippen LogP contribution in [0.5, 0.6) is 5.75 Å². The number of rotatable bonds is 7. The normalized spacial score (nSPS) is 10.7. The number of amides is 2. The molecule has 0 atom stereocenters. The number of carbonyl (C=O) groups is 2. The van der Waals surface area contributed by atoms with Gasteiger partial charge in [-0.1, -0.05) is 19.9 Å². The molecule has 0 saturated heterocycles. The summed E-state index contributed by atoms with van der Waals surface area (Å²) in [5.41, 5.74) is 2.95. The number of pyridine rings is 1. The molecule has 0 saturated carbocycles. The fourth-order valence-corrected chi connectivity index (χ4v) is 3.53. The summed E-state index contributed by atoms with van der Waals surface area (Å²) in [5.74, 6) is 0.888. The van der Waals surface area contributed by atoms with Crippen LogP contribution in [0.25, 0.3) is 5.82 Å². The Kier molecular flexibility index (Phi) is 6.68. The zero-order valence-corrected chi connectivity index (χ0v) is 19.1. The second-order valence-corrected chi connectivity index (χ2v) is 7.91. The standard InChI is InChI=1S/C26H25N5O3/c1-17(2)24-22(16-28-31(24)23-6-4-5-15-27-23)26(33)30-19-9-7-18(8-10-19)25(32)29-20-11-13-21(34-3)14-12-20/h4-17H,1-3H3,(H,29,32)(H,30,33). The van der Waals surface area contributed by atoms with Crippen LogP contribution in [0.3, 0.4) is 0 Å². The summed E-state index contributed by atoms with van der Waals surface area (Å²) in [6.07, 6.45) is 3.24. The number of ether oxygens (including phenoxy) is 1.